The first-order chi connectivity index (χ1) is 26.2. The molecule has 1 spiro atoms. The molecular formula is C49H47N3O2. The zero-order valence-electron chi connectivity index (χ0n) is 31.5. The zero-order chi connectivity index (χ0) is 36.6. The summed E-state index contributed by atoms with van der Waals surface area (Å²) in [5, 5.41) is 14.3. The SMILES string of the molecule is CC(C)(C)c1ccc(-c2nc3c(ccc4c3c3cc(-c5cc(-c6ccc(C7CCC8(CCCCC8)CC7)cc6)ccn5)ccc3n3cccc43)o2)c(O)c1. The van der Waals surface area contributed by atoms with Gasteiger partial charge >= 0.3 is 0 Å². The molecule has 4 aromatic carbocycles. The van der Waals surface area contributed by atoms with Crippen molar-refractivity contribution in [3.8, 4) is 39.6 Å². The van der Waals surface area contributed by atoms with Crippen LogP contribution in [0.5, 0.6) is 5.75 Å². The standard InChI is InChI=1S/C49H47N3O2/c1-48(2,3)36-14-15-38(43(53)30-36)47-51-46-44(54-47)18-16-37-41-8-7-27-52(41)42-17-13-35(28-39(42)45(37)46)40-29-34(21-26-50-40)32-11-9-31(10-12-32)33-19-24-49(25-20-33)22-5-4-6-23-49/h7-18,21,26-30,33,53H,4-6,19-20,22-25H2,1-3H3. The van der Waals surface area contributed by atoms with E-state index in [2.05, 4.69) is 104 Å². The topological polar surface area (TPSA) is 63.6 Å². The Morgan fingerprint density at radius 1 is 0.741 bits per heavy atom. The fourth-order valence-electron chi connectivity index (χ4n) is 9.77. The molecule has 4 aromatic heterocycles. The van der Waals surface area contributed by atoms with Crippen molar-refractivity contribution in [2.24, 2.45) is 5.41 Å². The number of nitrogens with zero attached hydrogens (tertiary/aromatic N) is 3. The third-order valence-corrected chi connectivity index (χ3v) is 12.9. The normalized spacial score (nSPS) is 16.6. The van der Waals surface area contributed by atoms with E-state index in [1.165, 1.54) is 74.5 Å². The first-order valence-corrected chi connectivity index (χ1v) is 19.9. The minimum Gasteiger partial charge on any atom is -0.507 e. The number of phenols is 1. The average Bonchev–Trinajstić information content (AvgIpc) is 3.87. The quantitative estimate of drug-likeness (QED) is 0.185. The number of oxazole rings is 1. The van der Waals surface area contributed by atoms with Gasteiger partial charge in [-0.05, 0) is 138 Å². The van der Waals surface area contributed by atoms with Crippen LogP contribution >= 0.6 is 0 Å². The number of aromatic hydroxyl groups is 1. The predicted octanol–water partition coefficient (Wildman–Crippen LogP) is 13.4. The van der Waals surface area contributed by atoms with Gasteiger partial charge in [0.2, 0.25) is 5.89 Å². The summed E-state index contributed by atoms with van der Waals surface area (Å²) in [6.07, 6.45) is 16.7. The molecule has 0 radical (unpaired) electrons. The van der Waals surface area contributed by atoms with Crippen LogP contribution in [0.3, 0.4) is 0 Å². The van der Waals surface area contributed by atoms with Crippen LogP contribution < -0.4 is 0 Å². The third-order valence-electron chi connectivity index (χ3n) is 12.9. The van der Waals surface area contributed by atoms with Crippen molar-refractivity contribution in [1.82, 2.24) is 14.4 Å². The summed E-state index contributed by atoms with van der Waals surface area (Å²) in [5.41, 5.74) is 11.7. The molecule has 270 valence electrons. The van der Waals surface area contributed by atoms with Crippen molar-refractivity contribution in [1.29, 1.82) is 0 Å². The molecule has 10 rings (SSSR count). The van der Waals surface area contributed by atoms with E-state index in [1.807, 2.05) is 30.5 Å². The summed E-state index contributed by atoms with van der Waals surface area (Å²) in [6.45, 7) is 6.42. The van der Waals surface area contributed by atoms with Crippen LogP contribution in [0.25, 0.3) is 72.1 Å². The molecule has 8 aromatic rings. The Hall–Kier alpha value is -5.42. The number of hydrogen-bond acceptors (Lipinski definition) is 4. The van der Waals surface area contributed by atoms with E-state index in [1.54, 1.807) is 0 Å². The molecule has 0 saturated heterocycles. The van der Waals surface area contributed by atoms with Crippen LogP contribution in [-0.4, -0.2) is 19.5 Å². The molecule has 1 N–H and O–H groups in total. The molecule has 5 heteroatoms. The lowest BCUT2D eigenvalue weighted by Gasteiger charge is -2.43. The second kappa shape index (κ2) is 12.6. The van der Waals surface area contributed by atoms with Gasteiger partial charge in [0.25, 0.3) is 0 Å². The second-order valence-corrected chi connectivity index (χ2v) is 17.2. The maximum atomic E-state index is 11.1. The Labute approximate surface area is 316 Å². The highest BCUT2D eigenvalue weighted by atomic mass is 16.3. The van der Waals surface area contributed by atoms with Crippen LogP contribution in [0.15, 0.2) is 114 Å². The van der Waals surface area contributed by atoms with Crippen LogP contribution in [0, 0.1) is 5.41 Å². The second-order valence-electron chi connectivity index (χ2n) is 17.2. The molecular weight excluding hydrogens is 663 g/mol. The van der Waals surface area contributed by atoms with E-state index in [-0.39, 0.29) is 11.2 Å². The maximum absolute atomic E-state index is 11.1. The molecule has 54 heavy (non-hydrogen) atoms. The van der Waals surface area contributed by atoms with Crippen LogP contribution in [0.4, 0.5) is 0 Å². The summed E-state index contributed by atoms with van der Waals surface area (Å²) in [4.78, 5) is 9.95. The highest BCUT2D eigenvalue weighted by molar-refractivity contribution is 6.22. The average molecular weight is 710 g/mol. The Kier molecular flexibility index (Phi) is 7.73. The molecule has 2 aliphatic rings. The molecule has 5 nitrogen and oxygen atoms in total. The minimum atomic E-state index is -0.0846. The van der Waals surface area contributed by atoms with Gasteiger partial charge in [-0.15, -0.1) is 0 Å². The fraction of sp³-hybridized carbons (Fsp3) is 0.306. The molecule has 2 fully saturated rings. The first-order valence-electron chi connectivity index (χ1n) is 19.9. The summed E-state index contributed by atoms with van der Waals surface area (Å²) in [6, 6.07) is 34.5. The lowest BCUT2D eigenvalue weighted by molar-refractivity contribution is 0.114. The Morgan fingerprint density at radius 2 is 1.52 bits per heavy atom. The number of hydrogen-bond donors (Lipinski definition) is 1. The molecule has 2 saturated carbocycles. The van der Waals surface area contributed by atoms with Crippen molar-refractivity contribution in [3.05, 3.63) is 121 Å². The minimum absolute atomic E-state index is 0.0846. The van der Waals surface area contributed by atoms with Crippen molar-refractivity contribution in [3.63, 3.8) is 0 Å². The predicted molar refractivity (Wildman–Crippen MR) is 221 cm³/mol. The number of pyridine rings is 2. The summed E-state index contributed by atoms with van der Waals surface area (Å²) in [7, 11) is 0. The van der Waals surface area contributed by atoms with Gasteiger partial charge in [0.1, 0.15) is 11.3 Å². The number of rotatable bonds is 4. The molecule has 0 unspecified atom stereocenters. The van der Waals surface area contributed by atoms with Crippen LogP contribution in [0.1, 0.15) is 95.6 Å². The van der Waals surface area contributed by atoms with Crippen molar-refractivity contribution in [2.45, 2.75) is 89.9 Å². The lowest BCUT2D eigenvalue weighted by Crippen LogP contribution is -2.29. The summed E-state index contributed by atoms with van der Waals surface area (Å²) < 4.78 is 8.62. The van der Waals surface area contributed by atoms with Crippen molar-refractivity contribution < 1.29 is 9.52 Å². The monoisotopic (exact) mass is 709 g/mol. The molecule has 4 heterocycles. The smallest absolute Gasteiger partial charge is 0.231 e. The Bertz CT molecular complexity index is 2690. The van der Waals surface area contributed by atoms with Gasteiger partial charge in [0, 0.05) is 34.1 Å². The van der Waals surface area contributed by atoms with Crippen LogP contribution in [0.2, 0.25) is 0 Å². The van der Waals surface area contributed by atoms with Gasteiger partial charge < -0.3 is 13.9 Å². The van der Waals surface area contributed by atoms with Gasteiger partial charge in [0.05, 0.1) is 22.3 Å². The third kappa shape index (κ3) is 5.59. The van der Waals surface area contributed by atoms with Gasteiger partial charge in [-0.2, -0.15) is 0 Å². The van der Waals surface area contributed by atoms with Crippen molar-refractivity contribution in [2.75, 3.05) is 0 Å². The first kappa shape index (κ1) is 33.2. The van der Waals surface area contributed by atoms with Gasteiger partial charge in [-0.25, -0.2) is 4.98 Å². The fourth-order valence-corrected chi connectivity index (χ4v) is 9.77. The van der Waals surface area contributed by atoms with E-state index < -0.39 is 0 Å². The van der Waals surface area contributed by atoms with E-state index in [0.29, 0.717) is 28.4 Å². The van der Waals surface area contributed by atoms with E-state index in [9.17, 15) is 5.11 Å². The van der Waals surface area contributed by atoms with E-state index >= 15 is 0 Å². The van der Waals surface area contributed by atoms with Crippen molar-refractivity contribution >= 4 is 38.3 Å². The number of aromatic nitrogens is 3. The molecule has 0 atom stereocenters. The highest BCUT2D eigenvalue weighted by Crippen LogP contribution is 2.51. The van der Waals surface area contributed by atoms with Gasteiger partial charge in [0.15, 0.2) is 5.58 Å². The molecule has 0 bridgehead atoms. The van der Waals surface area contributed by atoms with Gasteiger partial charge in [-0.1, -0.05) is 76.4 Å². The molecule has 0 amide bonds. The van der Waals surface area contributed by atoms with Crippen LogP contribution in [-0.2, 0) is 5.41 Å². The van der Waals surface area contributed by atoms with E-state index in [0.717, 1.165) is 49.5 Å². The Morgan fingerprint density at radius 3 is 2.30 bits per heavy atom. The molecule has 0 aliphatic heterocycles. The largest absolute Gasteiger partial charge is 0.507 e. The summed E-state index contributed by atoms with van der Waals surface area (Å²) >= 11 is 0. The maximum Gasteiger partial charge on any atom is 0.231 e. The Balaban J connectivity index is 1.02. The highest BCUT2D eigenvalue weighted by Gasteiger charge is 2.36. The summed E-state index contributed by atoms with van der Waals surface area (Å²) in [5.74, 6) is 1.26. The zero-order valence-corrected chi connectivity index (χ0v) is 31.5. The van der Waals surface area contributed by atoms with Gasteiger partial charge in [-0.3, -0.25) is 4.98 Å². The number of benzene rings is 4. The van der Waals surface area contributed by atoms with E-state index in [4.69, 9.17) is 14.4 Å². The lowest BCUT2D eigenvalue weighted by atomic mass is 9.62. The number of fused-ring (bicyclic) bond motifs is 8. The molecule has 2 aliphatic carbocycles. The number of phenolic OH excluding ortho intramolecular Hbond substituents is 1.